The van der Waals surface area contributed by atoms with Gasteiger partial charge in [0, 0.05) is 30.1 Å². The van der Waals surface area contributed by atoms with Crippen molar-refractivity contribution in [1.82, 2.24) is 10.3 Å². The smallest absolute Gasteiger partial charge is 0.127 e. The molecule has 1 aliphatic rings. The topological polar surface area (TPSA) is 34.2 Å². The van der Waals surface area contributed by atoms with Crippen LogP contribution in [0.5, 0.6) is 5.75 Å². The van der Waals surface area contributed by atoms with Crippen molar-refractivity contribution in [2.75, 3.05) is 6.54 Å². The van der Waals surface area contributed by atoms with Gasteiger partial charge in [-0.15, -0.1) is 0 Å². The van der Waals surface area contributed by atoms with Crippen molar-refractivity contribution < 1.29 is 4.74 Å². The molecule has 0 aliphatic heterocycles. The zero-order valence-corrected chi connectivity index (χ0v) is 12.2. The van der Waals surface area contributed by atoms with Crippen molar-refractivity contribution >= 4 is 0 Å². The summed E-state index contributed by atoms with van der Waals surface area (Å²) >= 11 is 0. The van der Waals surface area contributed by atoms with Crippen LogP contribution in [0.25, 0.3) is 0 Å². The standard InChI is InChI=1S/C16H26N2O/c1-3-17-11-14-12-18-13(2)10-16(14)19-15-8-6-4-5-7-9-15/h10,12,15,17H,3-9,11H2,1-2H3. The number of hydrogen-bond acceptors (Lipinski definition) is 3. The highest BCUT2D eigenvalue weighted by atomic mass is 16.5. The van der Waals surface area contributed by atoms with Crippen LogP contribution in [0, 0.1) is 6.92 Å². The lowest BCUT2D eigenvalue weighted by Gasteiger charge is -2.19. The van der Waals surface area contributed by atoms with Gasteiger partial charge in [0.1, 0.15) is 5.75 Å². The highest BCUT2D eigenvalue weighted by Gasteiger charge is 2.15. The fraction of sp³-hybridized carbons (Fsp3) is 0.688. The molecule has 0 saturated heterocycles. The van der Waals surface area contributed by atoms with Crippen LogP contribution in [0.15, 0.2) is 12.3 Å². The summed E-state index contributed by atoms with van der Waals surface area (Å²) in [6, 6.07) is 2.08. The van der Waals surface area contributed by atoms with Crippen LogP contribution in [0.3, 0.4) is 0 Å². The fourth-order valence-electron chi connectivity index (χ4n) is 2.60. The number of rotatable bonds is 5. The zero-order chi connectivity index (χ0) is 13.5. The van der Waals surface area contributed by atoms with Gasteiger partial charge < -0.3 is 10.1 Å². The van der Waals surface area contributed by atoms with Gasteiger partial charge in [-0.1, -0.05) is 19.8 Å². The van der Waals surface area contributed by atoms with Crippen molar-refractivity contribution in [3.8, 4) is 5.75 Å². The monoisotopic (exact) mass is 262 g/mol. The first-order valence-electron chi connectivity index (χ1n) is 7.62. The quantitative estimate of drug-likeness (QED) is 0.823. The van der Waals surface area contributed by atoms with E-state index in [1.807, 2.05) is 13.1 Å². The molecule has 19 heavy (non-hydrogen) atoms. The summed E-state index contributed by atoms with van der Waals surface area (Å²) in [5.41, 5.74) is 2.21. The lowest BCUT2D eigenvalue weighted by atomic mass is 10.1. The first kappa shape index (κ1) is 14.3. The molecular formula is C16H26N2O. The highest BCUT2D eigenvalue weighted by Crippen LogP contribution is 2.25. The van der Waals surface area contributed by atoms with E-state index in [-0.39, 0.29) is 0 Å². The summed E-state index contributed by atoms with van der Waals surface area (Å²) in [4.78, 5) is 4.38. The lowest BCUT2D eigenvalue weighted by molar-refractivity contribution is 0.181. The van der Waals surface area contributed by atoms with E-state index in [0.29, 0.717) is 6.10 Å². The molecule has 0 spiro atoms. The Morgan fingerprint density at radius 2 is 2.00 bits per heavy atom. The van der Waals surface area contributed by atoms with Gasteiger partial charge in [0.05, 0.1) is 6.10 Å². The van der Waals surface area contributed by atoms with Gasteiger partial charge in [-0.25, -0.2) is 0 Å². The third-order valence-electron chi connectivity index (χ3n) is 3.74. The summed E-state index contributed by atoms with van der Waals surface area (Å²) in [7, 11) is 0. The van der Waals surface area contributed by atoms with E-state index in [2.05, 4.69) is 23.3 Å². The maximum absolute atomic E-state index is 6.26. The van der Waals surface area contributed by atoms with Gasteiger partial charge >= 0.3 is 0 Å². The molecule has 0 radical (unpaired) electrons. The predicted molar refractivity (Wildman–Crippen MR) is 78.5 cm³/mol. The van der Waals surface area contributed by atoms with Gasteiger partial charge in [0.2, 0.25) is 0 Å². The average molecular weight is 262 g/mol. The highest BCUT2D eigenvalue weighted by molar-refractivity contribution is 5.33. The van der Waals surface area contributed by atoms with E-state index in [1.165, 1.54) is 44.1 Å². The molecular weight excluding hydrogens is 236 g/mol. The summed E-state index contributed by atoms with van der Waals surface area (Å²) in [6.07, 6.45) is 10.1. The van der Waals surface area contributed by atoms with Gasteiger partial charge in [-0.3, -0.25) is 4.98 Å². The molecule has 2 rings (SSSR count). The van der Waals surface area contributed by atoms with Crippen LogP contribution >= 0.6 is 0 Å². The molecule has 0 atom stereocenters. The van der Waals surface area contributed by atoms with Crippen molar-refractivity contribution in [3.63, 3.8) is 0 Å². The van der Waals surface area contributed by atoms with Crippen LogP contribution in [0.1, 0.15) is 56.7 Å². The number of nitrogens with one attached hydrogen (secondary N) is 1. The molecule has 3 heteroatoms. The number of aromatic nitrogens is 1. The molecule has 3 nitrogen and oxygen atoms in total. The molecule has 1 heterocycles. The van der Waals surface area contributed by atoms with Crippen LogP contribution in [-0.4, -0.2) is 17.6 Å². The molecule has 0 unspecified atom stereocenters. The Balaban J connectivity index is 2.05. The maximum Gasteiger partial charge on any atom is 0.127 e. The third-order valence-corrected chi connectivity index (χ3v) is 3.74. The number of nitrogens with zero attached hydrogens (tertiary/aromatic N) is 1. The van der Waals surface area contributed by atoms with Gasteiger partial charge in [0.25, 0.3) is 0 Å². The van der Waals surface area contributed by atoms with Crippen LogP contribution < -0.4 is 10.1 Å². The minimum atomic E-state index is 0.393. The van der Waals surface area contributed by atoms with E-state index < -0.39 is 0 Å². The first-order valence-corrected chi connectivity index (χ1v) is 7.62. The molecule has 0 amide bonds. The fourth-order valence-corrected chi connectivity index (χ4v) is 2.60. The summed E-state index contributed by atoms with van der Waals surface area (Å²) < 4.78 is 6.26. The third kappa shape index (κ3) is 4.50. The summed E-state index contributed by atoms with van der Waals surface area (Å²) in [5.74, 6) is 1.03. The van der Waals surface area contributed by atoms with E-state index >= 15 is 0 Å². The Morgan fingerprint density at radius 1 is 1.26 bits per heavy atom. The molecule has 0 bridgehead atoms. The van der Waals surface area contributed by atoms with Crippen molar-refractivity contribution in [3.05, 3.63) is 23.5 Å². The van der Waals surface area contributed by atoms with Gasteiger partial charge in [0.15, 0.2) is 0 Å². The lowest BCUT2D eigenvalue weighted by Crippen LogP contribution is -2.18. The number of ether oxygens (including phenoxy) is 1. The van der Waals surface area contributed by atoms with Crippen LogP contribution in [-0.2, 0) is 6.54 Å². The Bertz CT molecular complexity index is 384. The van der Waals surface area contributed by atoms with Gasteiger partial charge in [-0.05, 0) is 39.2 Å². The average Bonchev–Trinajstić information content (AvgIpc) is 2.66. The van der Waals surface area contributed by atoms with E-state index in [0.717, 1.165) is 24.5 Å². The van der Waals surface area contributed by atoms with E-state index in [9.17, 15) is 0 Å². The molecule has 106 valence electrons. The predicted octanol–water partition coefficient (Wildman–Crippen LogP) is 3.60. The van der Waals surface area contributed by atoms with E-state index in [1.54, 1.807) is 0 Å². The van der Waals surface area contributed by atoms with Gasteiger partial charge in [-0.2, -0.15) is 0 Å². The molecule has 1 fully saturated rings. The second-order valence-electron chi connectivity index (χ2n) is 5.45. The zero-order valence-electron chi connectivity index (χ0n) is 12.2. The molecule has 0 aromatic carbocycles. The largest absolute Gasteiger partial charge is 0.490 e. The minimum Gasteiger partial charge on any atom is -0.490 e. The molecule has 1 saturated carbocycles. The first-order chi connectivity index (χ1) is 9.29. The second kappa shape index (κ2) is 7.49. The SMILES string of the molecule is CCNCc1cnc(C)cc1OC1CCCCCC1. The number of hydrogen-bond donors (Lipinski definition) is 1. The Labute approximate surface area is 116 Å². The Hall–Kier alpha value is -1.09. The van der Waals surface area contributed by atoms with Crippen molar-refractivity contribution in [2.45, 2.75) is 65.0 Å². The normalized spacial score (nSPS) is 17.2. The minimum absolute atomic E-state index is 0.393. The van der Waals surface area contributed by atoms with E-state index in [4.69, 9.17) is 4.74 Å². The number of aryl methyl sites for hydroxylation is 1. The molecule has 1 aromatic heterocycles. The van der Waals surface area contributed by atoms with Crippen molar-refractivity contribution in [2.24, 2.45) is 0 Å². The second-order valence-corrected chi connectivity index (χ2v) is 5.45. The van der Waals surface area contributed by atoms with Crippen LogP contribution in [0.2, 0.25) is 0 Å². The van der Waals surface area contributed by atoms with Crippen molar-refractivity contribution in [1.29, 1.82) is 0 Å². The molecule has 1 aromatic rings. The number of pyridine rings is 1. The Morgan fingerprint density at radius 3 is 2.68 bits per heavy atom. The molecule has 1 N–H and O–H groups in total. The molecule has 1 aliphatic carbocycles. The maximum atomic E-state index is 6.26. The Kier molecular flexibility index (Phi) is 5.64. The van der Waals surface area contributed by atoms with Crippen LogP contribution in [0.4, 0.5) is 0 Å². The summed E-state index contributed by atoms with van der Waals surface area (Å²) in [6.45, 7) is 5.95. The summed E-state index contributed by atoms with van der Waals surface area (Å²) in [5, 5.41) is 3.35.